The fourth-order valence-electron chi connectivity index (χ4n) is 4.27. The highest BCUT2D eigenvalue weighted by atomic mass is 32.1. The number of fused-ring (bicyclic) bond motifs is 3. The van der Waals surface area contributed by atoms with Gasteiger partial charge < -0.3 is 19.9 Å². The molecule has 1 N–H and O–H groups in total. The second kappa shape index (κ2) is 6.89. The molecular weight excluding hydrogens is 342 g/mol. The van der Waals surface area contributed by atoms with E-state index in [1.807, 2.05) is 24.3 Å². The first kappa shape index (κ1) is 17.3. The molecular formula is C21H25N3OS. The lowest BCUT2D eigenvalue weighted by Gasteiger charge is -2.37. The Morgan fingerprint density at radius 3 is 2.85 bits per heavy atom. The quantitative estimate of drug-likeness (QED) is 0.810. The number of likely N-dealkylation sites (N-methyl/N-ethyl adjacent to an activating group) is 1. The molecule has 5 heteroatoms. The monoisotopic (exact) mass is 367 g/mol. The highest BCUT2D eigenvalue weighted by Gasteiger charge is 2.42. The van der Waals surface area contributed by atoms with Gasteiger partial charge in [-0.1, -0.05) is 29.8 Å². The van der Waals surface area contributed by atoms with Crippen molar-refractivity contribution >= 4 is 28.7 Å². The van der Waals surface area contributed by atoms with Gasteiger partial charge in [0.15, 0.2) is 5.11 Å². The number of benzene rings is 2. The number of methoxy groups -OCH3 is 1. The van der Waals surface area contributed by atoms with Crippen LogP contribution in [0.2, 0.25) is 0 Å². The molecule has 0 saturated carbocycles. The van der Waals surface area contributed by atoms with Crippen molar-refractivity contribution in [2.24, 2.45) is 0 Å². The summed E-state index contributed by atoms with van der Waals surface area (Å²) in [5.74, 6) is 1.30. The van der Waals surface area contributed by atoms with Crippen LogP contribution in [0.1, 0.15) is 23.5 Å². The normalized spacial score (nSPS) is 21.9. The van der Waals surface area contributed by atoms with E-state index in [-0.39, 0.29) is 0 Å². The number of nitrogens with one attached hydrogen (secondary N) is 1. The minimum Gasteiger partial charge on any atom is -0.495 e. The zero-order chi connectivity index (χ0) is 18.3. The maximum absolute atomic E-state index is 5.86. The van der Waals surface area contributed by atoms with E-state index in [0.717, 1.165) is 36.1 Å². The summed E-state index contributed by atoms with van der Waals surface area (Å²) in [5.41, 5.74) is 4.88. The van der Waals surface area contributed by atoms with Gasteiger partial charge in [-0.05, 0) is 62.9 Å². The Bertz CT molecular complexity index is 838. The van der Waals surface area contributed by atoms with Crippen LogP contribution in [0.4, 0.5) is 11.4 Å². The number of hydrogen-bond donors (Lipinski definition) is 1. The molecule has 0 aromatic heterocycles. The van der Waals surface area contributed by atoms with Crippen molar-refractivity contribution in [1.82, 2.24) is 4.90 Å². The van der Waals surface area contributed by atoms with E-state index in [9.17, 15) is 0 Å². The average molecular weight is 368 g/mol. The first-order chi connectivity index (χ1) is 12.6. The number of nitrogens with zero attached hydrogens (tertiary/aromatic N) is 2. The van der Waals surface area contributed by atoms with E-state index in [1.54, 1.807) is 7.11 Å². The van der Waals surface area contributed by atoms with Gasteiger partial charge in [0.1, 0.15) is 5.75 Å². The number of hydrogen-bond acceptors (Lipinski definition) is 3. The van der Waals surface area contributed by atoms with Crippen molar-refractivity contribution in [2.45, 2.75) is 25.3 Å². The van der Waals surface area contributed by atoms with E-state index in [4.69, 9.17) is 17.0 Å². The molecule has 26 heavy (non-hydrogen) atoms. The van der Waals surface area contributed by atoms with Crippen molar-refractivity contribution in [3.05, 3.63) is 53.6 Å². The molecule has 2 aliphatic heterocycles. The number of ether oxygens (including phenoxy) is 1. The number of anilines is 2. The molecule has 0 bridgehead atoms. The smallest absolute Gasteiger partial charge is 0.178 e. The average Bonchev–Trinajstić information content (AvgIpc) is 2.95. The molecule has 1 fully saturated rings. The van der Waals surface area contributed by atoms with Crippen LogP contribution in [0, 0.1) is 6.92 Å². The summed E-state index contributed by atoms with van der Waals surface area (Å²) in [5, 5.41) is 4.17. The van der Waals surface area contributed by atoms with E-state index < -0.39 is 0 Å². The number of rotatable bonds is 2. The summed E-state index contributed by atoms with van der Waals surface area (Å²) in [6, 6.07) is 15.1. The molecule has 136 valence electrons. The molecule has 0 spiro atoms. The summed E-state index contributed by atoms with van der Waals surface area (Å²) < 4.78 is 5.47. The van der Waals surface area contributed by atoms with Crippen LogP contribution in [0.15, 0.2) is 42.5 Å². The first-order valence-electron chi connectivity index (χ1n) is 9.11. The third-order valence-electron chi connectivity index (χ3n) is 5.52. The molecule has 0 aliphatic carbocycles. The van der Waals surface area contributed by atoms with E-state index in [0.29, 0.717) is 12.0 Å². The first-order valence-corrected chi connectivity index (χ1v) is 9.51. The summed E-state index contributed by atoms with van der Waals surface area (Å²) in [7, 11) is 3.89. The van der Waals surface area contributed by atoms with Crippen LogP contribution in [0.25, 0.3) is 0 Å². The summed E-state index contributed by atoms with van der Waals surface area (Å²) in [6.45, 7) is 4.34. The van der Waals surface area contributed by atoms with Crippen LogP contribution in [-0.2, 0) is 0 Å². The van der Waals surface area contributed by atoms with Crippen molar-refractivity contribution in [3.8, 4) is 5.75 Å². The number of para-hydroxylation sites is 2. The standard InChI is InChI=1S/C21H25N3OS/c1-14-8-9-18-15(12-14)16-13-23(2)11-10-19(16)24(18)21(26)22-17-6-4-5-7-20(17)25-3/h4-9,12,16,19H,10-11,13H2,1-3H3,(H,22,26). The van der Waals surface area contributed by atoms with Crippen molar-refractivity contribution in [3.63, 3.8) is 0 Å². The largest absolute Gasteiger partial charge is 0.495 e. The van der Waals surface area contributed by atoms with Gasteiger partial charge in [0.05, 0.1) is 12.8 Å². The number of likely N-dealkylation sites (tertiary alicyclic amines) is 1. The Morgan fingerprint density at radius 2 is 2.04 bits per heavy atom. The summed E-state index contributed by atoms with van der Waals surface area (Å²) in [4.78, 5) is 4.75. The molecule has 4 nitrogen and oxygen atoms in total. The SMILES string of the molecule is COc1ccccc1NC(=S)N1c2ccc(C)cc2C2CN(C)CCC21. The van der Waals surface area contributed by atoms with Gasteiger partial charge in [-0.3, -0.25) is 0 Å². The molecule has 2 unspecified atom stereocenters. The molecule has 2 aromatic rings. The molecule has 4 rings (SSSR count). The lowest BCUT2D eigenvalue weighted by atomic mass is 9.89. The third kappa shape index (κ3) is 2.95. The van der Waals surface area contributed by atoms with Crippen LogP contribution >= 0.6 is 12.2 Å². The summed E-state index contributed by atoms with van der Waals surface area (Å²) in [6.07, 6.45) is 1.11. The van der Waals surface area contributed by atoms with Crippen LogP contribution in [0.3, 0.4) is 0 Å². The van der Waals surface area contributed by atoms with E-state index in [1.165, 1.54) is 16.8 Å². The lowest BCUT2D eigenvalue weighted by molar-refractivity contribution is 0.237. The van der Waals surface area contributed by atoms with E-state index >= 15 is 0 Å². The third-order valence-corrected chi connectivity index (χ3v) is 5.82. The lowest BCUT2D eigenvalue weighted by Crippen LogP contribution is -2.48. The van der Waals surface area contributed by atoms with Crippen LogP contribution in [0.5, 0.6) is 5.75 Å². The zero-order valence-electron chi connectivity index (χ0n) is 15.5. The fourth-order valence-corrected chi connectivity index (χ4v) is 4.61. The topological polar surface area (TPSA) is 27.7 Å². The molecule has 2 atom stereocenters. The predicted octanol–water partition coefficient (Wildman–Crippen LogP) is 4.01. The second-order valence-electron chi connectivity index (χ2n) is 7.29. The predicted molar refractivity (Wildman–Crippen MR) is 112 cm³/mol. The zero-order valence-corrected chi connectivity index (χ0v) is 16.3. The Labute approximate surface area is 160 Å². The molecule has 0 amide bonds. The Kier molecular flexibility index (Phi) is 4.59. The van der Waals surface area contributed by atoms with Crippen molar-refractivity contribution in [1.29, 1.82) is 0 Å². The van der Waals surface area contributed by atoms with Gasteiger partial charge in [-0.2, -0.15) is 0 Å². The molecule has 2 heterocycles. The van der Waals surface area contributed by atoms with Gasteiger partial charge in [0.25, 0.3) is 0 Å². The molecule has 0 radical (unpaired) electrons. The second-order valence-corrected chi connectivity index (χ2v) is 7.67. The Morgan fingerprint density at radius 1 is 1.23 bits per heavy atom. The van der Waals surface area contributed by atoms with Gasteiger partial charge >= 0.3 is 0 Å². The van der Waals surface area contributed by atoms with Crippen molar-refractivity contribution < 1.29 is 4.74 Å². The van der Waals surface area contributed by atoms with Crippen molar-refractivity contribution in [2.75, 3.05) is 37.5 Å². The number of aryl methyl sites for hydroxylation is 1. The molecule has 2 aromatic carbocycles. The molecule has 1 saturated heterocycles. The number of thiocarbonyl (C=S) groups is 1. The number of piperidine rings is 1. The van der Waals surface area contributed by atoms with Crippen LogP contribution in [-0.4, -0.2) is 43.3 Å². The minimum atomic E-state index is 0.415. The highest BCUT2D eigenvalue weighted by molar-refractivity contribution is 7.80. The van der Waals surface area contributed by atoms with Gasteiger partial charge in [0.2, 0.25) is 0 Å². The Balaban J connectivity index is 1.68. The van der Waals surface area contributed by atoms with Crippen LogP contribution < -0.4 is 15.0 Å². The minimum absolute atomic E-state index is 0.415. The summed E-state index contributed by atoms with van der Waals surface area (Å²) >= 11 is 5.86. The van der Waals surface area contributed by atoms with E-state index in [2.05, 4.69) is 47.3 Å². The maximum atomic E-state index is 5.86. The van der Waals surface area contributed by atoms with Gasteiger partial charge in [-0.25, -0.2) is 0 Å². The highest BCUT2D eigenvalue weighted by Crippen LogP contribution is 2.45. The van der Waals surface area contributed by atoms with Gasteiger partial charge in [-0.15, -0.1) is 0 Å². The fraction of sp³-hybridized carbons (Fsp3) is 0.381. The maximum Gasteiger partial charge on any atom is 0.178 e. The molecule has 2 aliphatic rings. The Hall–Kier alpha value is -2.11. The van der Waals surface area contributed by atoms with Gasteiger partial charge in [0, 0.05) is 24.2 Å².